The maximum absolute atomic E-state index is 12.9. The summed E-state index contributed by atoms with van der Waals surface area (Å²) in [7, 11) is 0. The number of hydrogen-bond acceptors (Lipinski definition) is 3. The molecule has 2 aliphatic heterocycles. The Balaban J connectivity index is 1.73. The van der Waals surface area contributed by atoms with Gasteiger partial charge in [0.2, 0.25) is 5.91 Å². The van der Waals surface area contributed by atoms with E-state index in [9.17, 15) is 4.79 Å². The second-order valence-electron chi connectivity index (χ2n) is 6.24. The molecule has 21 heavy (non-hydrogen) atoms. The fourth-order valence-corrected chi connectivity index (χ4v) is 4.01. The van der Waals surface area contributed by atoms with E-state index in [1.807, 2.05) is 19.2 Å². The Bertz CT molecular complexity index is 473. The molecule has 116 valence electrons. The molecule has 0 aliphatic carbocycles. The van der Waals surface area contributed by atoms with Crippen LogP contribution in [-0.4, -0.2) is 57.2 Å². The van der Waals surface area contributed by atoms with Gasteiger partial charge in [0.15, 0.2) is 0 Å². The number of carbonyl (C=O) groups excluding carboxylic acids is 1. The Labute approximate surface area is 126 Å². The molecule has 0 bridgehead atoms. The van der Waals surface area contributed by atoms with Gasteiger partial charge < -0.3 is 4.90 Å². The highest BCUT2D eigenvalue weighted by Gasteiger charge is 2.40. The normalized spacial score (nSPS) is 28.2. The van der Waals surface area contributed by atoms with Gasteiger partial charge in [-0.1, -0.05) is 6.92 Å². The molecule has 0 aromatic carbocycles. The summed E-state index contributed by atoms with van der Waals surface area (Å²) in [5, 5.41) is 4.22. The standard InChI is InChI=1S/C16H26N4O/c1-3-18-10-4-7-14(18)15-8-5-11-19(15)16(21)13(2)20-12-6-9-17-20/h6,9,12-15H,3-5,7-8,10-11H2,1-2H3/t13-,14-,15+/m1/s1. The fourth-order valence-electron chi connectivity index (χ4n) is 4.01. The lowest BCUT2D eigenvalue weighted by molar-refractivity contribution is -0.136. The van der Waals surface area contributed by atoms with Crippen LogP contribution in [0.2, 0.25) is 0 Å². The van der Waals surface area contributed by atoms with E-state index in [0.29, 0.717) is 12.1 Å². The monoisotopic (exact) mass is 290 g/mol. The van der Waals surface area contributed by atoms with Crippen LogP contribution >= 0.6 is 0 Å². The average molecular weight is 290 g/mol. The van der Waals surface area contributed by atoms with Gasteiger partial charge in [0.1, 0.15) is 6.04 Å². The molecule has 0 radical (unpaired) electrons. The summed E-state index contributed by atoms with van der Waals surface area (Å²) in [6, 6.07) is 2.64. The van der Waals surface area contributed by atoms with Crippen molar-refractivity contribution in [1.29, 1.82) is 0 Å². The first-order valence-corrected chi connectivity index (χ1v) is 8.26. The summed E-state index contributed by atoms with van der Waals surface area (Å²) in [6.45, 7) is 7.37. The fraction of sp³-hybridized carbons (Fsp3) is 0.750. The van der Waals surface area contributed by atoms with Gasteiger partial charge in [-0.25, -0.2) is 0 Å². The first kappa shape index (κ1) is 14.6. The zero-order valence-electron chi connectivity index (χ0n) is 13.1. The Morgan fingerprint density at radius 2 is 2.05 bits per heavy atom. The number of carbonyl (C=O) groups is 1. The van der Waals surface area contributed by atoms with Crippen molar-refractivity contribution in [3.8, 4) is 0 Å². The van der Waals surface area contributed by atoms with E-state index in [0.717, 1.165) is 25.9 Å². The lowest BCUT2D eigenvalue weighted by atomic mass is 10.0. The van der Waals surface area contributed by atoms with Crippen molar-refractivity contribution in [3.05, 3.63) is 18.5 Å². The topological polar surface area (TPSA) is 41.4 Å². The number of amides is 1. The van der Waals surface area contributed by atoms with Gasteiger partial charge in [-0.15, -0.1) is 0 Å². The highest BCUT2D eigenvalue weighted by molar-refractivity contribution is 5.80. The van der Waals surface area contributed by atoms with E-state index in [1.165, 1.54) is 19.4 Å². The number of likely N-dealkylation sites (N-methyl/N-ethyl adjacent to an activating group) is 1. The van der Waals surface area contributed by atoms with E-state index in [1.54, 1.807) is 10.9 Å². The zero-order chi connectivity index (χ0) is 14.8. The Morgan fingerprint density at radius 1 is 1.29 bits per heavy atom. The highest BCUT2D eigenvalue weighted by atomic mass is 16.2. The number of nitrogens with zero attached hydrogens (tertiary/aromatic N) is 4. The van der Waals surface area contributed by atoms with E-state index in [-0.39, 0.29) is 11.9 Å². The molecule has 1 aromatic rings. The van der Waals surface area contributed by atoms with Gasteiger partial charge in [-0.3, -0.25) is 14.4 Å². The number of likely N-dealkylation sites (tertiary alicyclic amines) is 2. The van der Waals surface area contributed by atoms with Crippen LogP contribution in [0.3, 0.4) is 0 Å². The molecule has 3 rings (SSSR count). The summed E-state index contributed by atoms with van der Waals surface area (Å²) in [5.41, 5.74) is 0. The molecule has 0 saturated carbocycles. The maximum atomic E-state index is 12.9. The van der Waals surface area contributed by atoms with Gasteiger partial charge in [-0.05, 0) is 51.8 Å². The quantitative estimate of drug-likeness (QED) is 0.850. The summed E-state index contributed by atoms with van der Waals surface area (Å²) < 4.78 is 1.77. The smallest absolute Gasteiger partial charge is 0.247 e. The van der Waals surface area contributed by atoms with Crippen LogP contribution in [0.15, 0.2) is 18.5 Å². The third-order valence-corrected chi connectivity index (χ3v) is 5.13. The molecule has 3 heterocycles. The number of rotatable bonds is 4. The lowest BCUT2D eigenvalue weighted by Crippen LogP contribution is -2.49. The first-order valence-electron chi connectivity index (χ1n) is 8.26. The minimum Gasteiger partial charge on any atom is -0.336 e. The van der Waals surface area contributed by atoms with Crippen LogP contribution in [-0.2, 0) is 4.79 Å². The number of aromatic nitrogens is 2. The third kappa shape index (κ3) is 2.71. The Hall–Kier alpha value is -1.36. The second-order valence-corrected chi connectivity index (χ2v) is 6.24. The van der Waals surface area contributed by atoms with Crippen molar-refractivity contribution in [1.82, 2.24) is 19.6 Å². The molecular formula is C16H26N4O. The van der Waals surface area contributed by atoms with Crippen LogP contribution in [0.25, 0.3) is 0 Å². The van der Waals surface area contributed by atoms with Gasteiger partial charge in [0, 0.05) is 31.0 Å². The molecule has 1 amide bonds. The molecule has 0 spiro atoms. The Kier molecular flexibility index (Phi) is 4.29. The highest BCUT2D eigenvalue weighted by Crippen LogP contribution is 2.31. The molecular weight excluding hydrogens is 264 g/mol. The van der Waals surface area contributed by atoms with Crippen LogP contribution in [0.5, 0.6) is 0 Å². The van der Waals surface area contributed by atoms with Crippen molar-refractivity contribution in [2.75, 3.05) is 19.6 Å². The zero-order valence-corrected chi connectivity index (χ0v) is 13.1. The van der Waals surface area contributed by atoms with Crippen molar-refractivity contribution in [3.63, 3.8) is 0 Å². The summed E-state index contributed by atoms with van der Waals surface area (Å²) >= 11 is 0. The summed E-state index contributed by atoms with van der Waals surface area (Å²) in [4.78, 5) is 17.5. The van der Waals surface area contributed by atoms with Crippen LogP contribution in [0.4, 0.5) is 0 Å². The molecule has 2 fully saturated rings. The van der Waals surface area contributed by atoms with Crippen LogP contribution < -0.4 is 0 Å². The molecule has 5 nitrogen and oxygen atoms in total. The molecule has 0 unspecified atom stereocenters. The summed E-state index contributed by atoms with van der Waals surface area (Å²) in [5.74, 6) is 0.226. The van der Waals surface area contributed by atoms with E-state index < -0.39 is 0 Å². The SMILES string of the molecule is CCN1CCC[C@@H]1[C@@H]1CCCN1C(=O)[C@@H](C)n1cccn1. The third-order valence-electron chi connectivity index (χ3n) is 5.13. The summed E-state index contributed by atoms with van der Waals surface area (Å²) in [6.07, 6.45) is 8.40. The average Bonchev–Trinajstić information content (AvgIpc) is 3.24. The molecule has 5 heteroatoms. The minimum atomic E-state index is -0.197. The van der Waals surface area contributed by atoms with E-state index in [4.69, 9.17) is 0 Å². The van der Waals surface area contributed by atoms with Crippen molar-refractivity contribution >= 4 is 5.91 Å². The predicted octanol–water partition coefficient (Wildman–Crippen LogP) is 1.92. The first-order chi connectivity index (χ1) is 10.2. The van der Waals surface area contributed by atoms with Crippen molar-refractivity contribution in [2.24, 2.45) is 0 Å². The van der Waals surface area contributed by atoms with Crippen LogP contribution in [0, 0.1) is 0 Å². The molecule has 2 aliphatic rings. The molecule has 2 saturated heterocycles. The molecule has 0 N–H and O–H groups in total. The van der Waals surface area contributed by atoms with E-state index >= 15 is 0 Å². The second kappa shape index (κ2) is 6.18. The van der Waals surface area contributed by atoms with E-state index in [2.05, 4.69) is 21.8 Å². The predicted molar refractivity (Wildman–Crippen MR) is 81.9 cm³/mol. The van der Waals surface area contributed by atoms with Gasteiger partial charge >= 0.3 is 0 Å². The Morgan fingerprint density at radius 3 is 2.76 bits per heavy atom. The van der Waals surface area contributed by atoms with Crippen molar-refractivity contribution in [2.45, 2.75) is 57.7 Å². The van der Waals surface area contributed by atoms with Crippen LogP contribution in [0.1, 0.15) is 45.6 Å². The van der Waals surface area contributed by atoms with Gasteiger partial charge in [0.05, 0.1) is 0 Å². The molecule has 1 aromatic heterocycles. The lowest BCUT2D eigenvalue weighted by Gasteiger charge is -2.35. The van der Waals surface area contributed by atoms with Crippen molar-refractivity contribution < 1.29 is 4.79 Å². The minimum absolute atomic E-state index is 0.197. The van der Waals surface area contributed by atoms with Gasteiger partial charge in [0.25, 0.3) is 0 Å². The number of hydrogen-bond donors (Lipinski definition) is 0. The molecule has 3 atom stereocenters. The maximum Gasteiger partial charge on any atom is 0.247 e. The van der Waals surface area contributed by atoms with Gasteiger partial charge in [-0.2, -0.15) is 5.10 Å². The largest absolute Gasteiger partial charge is 0.336 e.